The lowest BCUT2D eigenvalue weighted by Crippen LogP contribution is -2.52. The SMILES string of the molecule is CCC1CCN(C(=O)C2CCN(C)C2)C(C(=O)O)C1. The topological polar surface area (TPSA) is 60.9 Å². The number of hydrogen-bond donors (Lipinski definition) is 1. The second kappa shape index (κ2) is 5.90. The highest BCUT2D eigenvalue weighted by molar-refractivity contribution is 5.85. The third-order valence-electron chi connectivity index (χ3n) is 4.60. The summed E-state index contributed by atoms with van der Waals surface area (Å²) in [7, 11) is 2.01. The van der Waals surface area contributed by atoms with Gasteiger partial charge in [0.15, 0.2) is 0 Å². The minimum absolute atomic E-state index is 0.00923. The molecule has 2 fully saturated rings. The Morgan fingerprint density at radius 3 is 2.53 bits per heavy atom. The number of carboxylic acids is 1. The number of aliphatic carboxylic acids is 1. The van der Waals surface area contributed by atoms with Crippen LogP contribution < -0.4 is 0 Å². The fourth-order valence-corrected chi connectivity index (χ4v) is 3.28. The number of piperidine rings is 1. The molecule has 0 aliphatic carbocycles. The van der Waals surface area contributed by atoms with Crippen molar-refractivity contribution < 1.29 is 14.7 Å². The van der Waals surface area contributed by atoms with Gasteiger partial charge in [-0.1, -0.05) is 13.3 Å². The minimum Gasteiger partial charge on any atom is -0.480 e. The molecular formula is C14H24N2O3. The molecule has 3 unspecified atom stereocenters. The Kier molecular flexibility index (Phi) is 4.45. The molecule has 0 aromatic heterocycles. The number of carbonyl (C=O) groups excluding carboxylic acids is 1. The molecule has 2 saturated heterocycles. The van der Waals surface area contributed by atoms with E-state index in [0.29, 0.717) is 18.9 Å². The van der Waals surface area contributed by atoms with Gasteiger partial charge in [0.25, 0.3) is 0 Å². The lowest BCUT2D eigenvalue weighted by Gasteiger charge is -2.38. The average molecular weight is 268 g/mol. The van der Waals surface area contributed by atoms with Crippen molar-refractivity contribution in [2.24, 2.45) is 11.8 Å². The van der Waals surface area contributed by atoms with Gasteiger partial charge >= 0.3 is 5.97 Å². The Morgan fingerprint density at radius 1 is 1.26 bits per heavy atom. The van der Waals surface area contributed by atoms with Crippen molar-refractivity contribution in [2.75, 3.05) is 26.7 Å². The van der Waals surface area contributed by atoms with Crippen molar-refractivity contribution in [1.82, 2.24) is 9.80 Å². The second-order valence-corrected chi connectivity index (χ2v) is 5.93. The van der Waals surface area contributed by atoms with E-state index in [1.807, 2.05) is 7.05 Å². The zero-order chi connectivity index (χ0) is 14.0. The summed E-state index contributed by atoms with van der Waals surface area (Å²) in [4.78, 5) is 27.7. The number of likely N-dealkylation sites (tertiary alicyclic amines) is 2. The van der Waals surface area contributed by atoms with Crippen LogP contribution in [0.5, 0.6) is 0 Å². The number of amides is 1. The zero-order valence-corrected chi connectivity index (χ0v) is 11.8. The van der Waals surface area contributed by atoms with E-state index in [4.69, 9.17) is 0 Å². The van der Waals surface area contributed by atoms with E-state index >= 15 is 0 Å². The fraction of sp³-hybridized carbons (Fsp3) is 0.857. The first kappa shape index (κ1) is 14.3. The second-order valence-electron chi connectivity index (χ2n) is 5.93. The summed E-state index contributed by atoms with van der Waals surface area (Å²) in [6, 6.07) is -0.614. The molecule has 2 heterocycles. The number of hydrogen-bond acceptors (Lipinski definition) is 3. The Labute approximate surface area is 114 Å². The first-order valence-electron chi connectivity index (χ1n) is 7.24. The number of carbonyl (C=O) groups is 2. The highest BCUT2D eigenvalue weighted by atomic mass is 16.4. The maximum Gasteiger partial charge on any atom is 0.326 e. The molecule has 19 heavy (non-hydrogen) atoms. The molecule has 2 rings (SSSR count). The summed E-state index contributed by atoms with van der Waals surface area (Å²) in [5, 5.41) is 9.36. The van der Waals surface area contributed by atoms with Gasteiger partial charge in [-0.2, -0.15) is 0 Å². The van der Waals surface area contributed by atoms with Gasteiger partial charge in [0.2, 0.25) is 5.91 Å². The van der Waals surface area contributed by atoms with Crippen molar-refractivity contribution in [1.29, 1.82) is 0 Å². The van der Waals surface area contributed by atoms with Crippen LogP contribution in [0.4, 0.5) is 0 Å². The summed E-state index contributed by atoms with van der Waals surface area (Å²) < 4.78 is 0. The smallest absolute Gasteiger partial charge is 0.326 e. The number of carboxylic acid groups (broad SMARTS) is 1. The average Bonchev–Trinajstić information content (AvgIpc) is 2.83. The van der Waals surface area contributed by atoms with Crippen LogP contribution in [0.25, 0.3) is 0 Å². The van der Waals surface area contributed by atoms with Crippen LogP contribution in [0.15, 0.2) is 0 Å². The lowest BCUT2D eigenvalue weighted by atomic mass is 9.88. The maximum atomic E-state index is 12.5. The van der Waals surface area contributed by atoms with Crippen LogP contribution in [0, 0.1) is 11.8 Å². The Balaban J connectivity index is 2.04. The molecule has 0 saturated carbocycles. The third kappa shape index (κ3) is 3.08. The molecule has 108 valence electrons. The van der Waals surface area contributed by atoms with E-state index < -0.39 is 12.0 Å². The Morgan fingerprint density at radius 2 is 2.00 bits per heavy atom. The molecule has 0 bridgehead atoms. The van der Waals surface area contributed by atoms with Gasteiger partial charge in [0.1, 0.15) is 6.04 Å². The van der Waals surface area contributed by atoms with Gasteiger partial charge in [-0.15, -0.1) is 0 Å². The summed E-state index contributed by atoms with van der Waals surface area (Å²) in [6.07, 6.45) is 3.40. The van der Waals surface area contributed by atoms with Crippen LogP contribution in [0.3, 0.4) is 0 Å². The maximum absolute atomic E-state index is 12.5. The highest BCUT2D eigenvalue weighted by Crippen LogP contribution is 2.28. The summed E-state index contributed by atoms with van der Waals surface area (Å²) >= 11 is 0. The molecule has 2 aliphatic rings. The van der Waals surface area contributed by atoms with Crippen molar-refractivity contribution in [3.05, 3.63) is 0 Å². The van der Waals surface area contributed by atoms with Crippen LogP contribution in [0.2, 0.25) is 0 Å². The Bertz CT molecular complexity index is 359. The standard InChI is InChI=1S/C14H24N2O3/c1-3-10-4-7-16(12(8-10)14(18)19)13(17)11-5-6-15(2)9-11/h10-12H,3-9H2,1-2H3,(H,18,19). The van der Waals surface area contributed by atoms with E-state index in [-0.39, 0.29) is 11.8 Å². The quantitative estimate of drug-likeness (QED) is 0.831. The van der Waals surface area contributed by atoms with Crippen molar-refractivity contribution >= 4 is 11.9 Å². The summed E-state index contributed by atoms with van der Waals surface area (Å²) in [5.74, 6) is -0.370. The number of rotatable bonds is 3. The number of nitrogens with zero attached hydrogens (tertiary/aromatic N) is 2. The molecule has 2 aliphatic heterocycles. The van der Waals surface area contributed by atoms with Crippen LogP contribution in [0.1, 0.15) is 32.6 Å². The van der Waals surface area contributed by atoms with Gasteiger partial charge in [0.05, 0.1) is 5.92 Å². The van der Waals surface area contributed by atoms with E-state index in [0.717, 1.165) is 32.4 Å². The van der Waals surface area contributed by atoms with Gasteiger partial charge < -0.3 is 14.9 Å². The monoisotopic (exact) mass is 268 g/mol. The van der Waals surface area contributed by atoms with E-state index in [9.17, 15) is 14.7 Å². The normalized spacial score (nSPS) is 32.5. The van der Waals surface area contributed by atoms with Crippen molar-refractivity contribution in [2.45, 2.75) is 38.6 Å². The largest absolute Gasteiger partial charge is 0.480 e. The molecule has 5 nitrogen and oxygen atoms in total. The van der Waals surface area contributed by atoms with E-state index in [1.54, 1.807) is 4.90 Å². The van der Waals surface area contributed by atoms with Crippen LogP contribution >= 0.6 is 0 Å². The molecule has 3 atom stereocenters. The predicted molar refractivity (Wildman–Crippen MR) is 71.8 cm³/mol. The molecule has 5 heteroatoms. The van der Waals surface area contributed by atoms with Crippen molar-refractivity contribution in [3.8, 4) is 0 Å². The van der Waals surface area contributed by atoms with Crippen LogP contribution in [-0.4, -0.2) is 59.5 Å². The molecule has 0 aromatic rings. The van der Waals surface area contributed by atoms with Gasteiger partial charge in [0, 0.05) is 13.1 Å². The van der Waals surface area contributed by atoms with Gasteiger partial charge in [-0.25, -0.2) is 4.79 Å². The first-order valence-corrected chi connectivity index (χ1v) is 7.24. The van der Waals surface area contributed by atoms with Gasteiger partial charge in [-0.05, 0) is 38.8 Å². The van der Waals surface area contributed by atoms with Crippen molar-refractivity contribution in [3.63, 3.8) is 0 Å². The highest BCUT2D eigenvalue weighted by Gasteiger charge is 2.39. The molecular weight excluding hydrogens is 244 g/mol. The zero-order valence-electron chi connectivity index (χ0n) is 11.8. The molecule has 1 amide bonds. The minimum atomic E-state index is -0.849. The van der Waals surface area contributed by atoms with Gasteiger partial charge in [-0.3, -0.25) is 4.79 Å². The molecule has 1 N–H and O–H groups in total. The summed E-state index contributed by atoms with van der Waals surface area (Å²) in [5.41, 5.74) is 0. The van der Waals surface area contributed by atoms with Crippen LogP contribution in [-0.2, 0) is 9.59 Å². The Hall–Kier alpha value is -1.10. The predicted octanol–water partition coefficient (Wildman–Crippen LogP) is 1.04. The van der Waals surface area contributed by atoms with E-state index in [2.05, 4.69) is 11.8 Å². The van der Waals surface area contributed by atoms with E-state index in [1.165, 1.54) is 0 Å². The first-order chi connectivity index (χ1) is 9.02. The molecule has 0 spiro atoms. The molecule has 0 aromatic carbocycles. The third-order valence-corrected chi connectivity index (χ3v) is 4.60. The molecule has 0 radical (unpaired) electrons. The fourth-order valence-electron chi connectivity index (χ4n) is 3.28. The lowest BCUT2D eigenvalue weighted by molar-refractivity contribution is -0.155. The summed E-state index contributed by atoms with van der Waals surface area (Å²) in [6.45, 7) is 4.39.